The summed E-state index contributed by atoms with van der Waals surface area (Å²) < 4.78 is 18.7. The maximum atomic E-state index is 12.0. The molecule has 0 fully saturated rings. The molecule has 0 aromatic heterocycles. The molecule has 6 heteroatoms. The van der Waals surface area contributed by atoms with Crippen molar-refractivity contribution in [3.05, 3.63) is 48.0 Å². The zero-order chi connectivity index (χ0) is 21.1. The zero-order valence-corrected chi connectivity index (χ0v) is 18.1. The third kappa shape index (κ3) is 3.60. The van der Waals surface area contributed by atoms with Gasteiger partial charge in [-0.15, -0.1) is 0 Å². The average molecular weight is 412 g/mol. The van der Waals surface area contributed by atoms with Gasteiger partial charge < -0.3 is 19.3 Å². The normalized spacial score (nSPS) is 21.3. The highest BCUT2D eigenvalue weighted by atomic mass is 16.5. The number of ether oxygens (including phenoxy) is 3. The van der Waals surface area contributed by atoms with E-state index < -0.39 is 5.72 Å². The van der Waals surface area contributed by atoms with Gasteiger partial charge in [0, 0.05) is 12.0 Å². The summed E-state index contributed by atoms with van der Waals surface area (Å²) in [6.07, 6.45) is 4.31. The first-order valence-electron chi connectivity index (χ1n) is 10.7. The van der Waals surface area contributed by atoms with Crippen LogP contribution in [0.3, 0.4) is 0 Å². The lowest BCUT2D eigenvalue weighted by Gasteiger charge is -2.24. The lowest BCUT2D eigenvalue weighted by molar-refractivity contribution is -0.658. The van der Waals surface area contributed by atoms with Gasteiger partial charge in [-0.05, 0) is 68.7 Å². The highest BCUT2D eigenvalue weighted by molar-refractivity contribution is 5.96. The van der Waals surface area contributed by atoms with Crippen molar-refractivity contribution in [2.24, 2.45) is 0 Å². The molecule has 0 aliphatic carbocycles. The van der Waals surface area contributed by atoms with E-state index in [0.717, 1.165) is 42.8 Å². The number of hydrogen-bond donors (Lipinski definition) is 1. The van der Waals surface area contributed by atoms with Crippen molar-refractivity contribution < 1.29 is 23.9 Å². The first-order chi connectivity index (χ1) is 14.6. The first kappa shape index (κ1) is 20.5. The van der Waals surface area contributed by atoms with Crippen LogP contribution in [-0.2, 0) is 5.72 Å². The lowest BCUT2D eigenvalue weighted by atomic mass is 10.0. The van der Waals surface area contributed by atoms with Gasteiger partial charge >= 0.3 is 0 Å². The molecule has 2 heterocycles. The van der Waals surface area contributed by atoms with Gasteiger partial charge in [0.2, 0.25) is 0 Å². The van der Waals surface area contributed by atoms with Gasteiger partial charge in [0.05, 0.1) is 27.4 Å². The zero-order valence-electron chi connectivity index (χ0n) is 18.1. The van der Waals surface area contributed by atoms with Crippen LogP contribution in [-0.4, -0.2) is 49.4 Å². The Bertz CT molecular complexity index is 925. The van der Waals surface area contributed by atoms with E-state index in [1.165, 1.54) is 12.3 Å². The molecule has 2 aliphatic rings. The van der Waals surface area contributed by atoms with Crippen LogP contribution in [0.25, 0.3) is 0 Å². The summed E-state index contributed by atoms with van der Waals surface area (Å²) in [5, 5.41) is 12.0. The van der Waals surface area contributed by atoms with Crippen LogP contribution in [0, 0.1) is 0 Å². The molecule has 0 bridgehead atoms. The number of benzene rings is 2. The fraction of sp³-hybridized carbons (Fsp3) is 0.458. The van der Waals surface area contributed by atoms with E-state index in [0.29, 0.717) is 24.7 Å². The monoisotopic (exact) mass is 411 g/mol. The number of methoxy groups -OCH3 is 2. The molecule has 4 rings (SSSR count). The summed E-state index contributed by atoms with van der Waals surface area (Å²) in [5.41, 5.74) is 0.752. The van der Waals surface area contributed by atoms with E-state index >= 15 is 0 Å². The smallest absolute Gasteiger partial charge is 0.271 e. The molecule has 1 N–H and O–H groups in total. The van der Waals surface area contributed by atoms with E-state index in [1.54, 1.807) is 14.2 Å². The first-order valence-corrected chi connectivity index (χ1v) is 10.7. The van der Waals surface area contributed by atoms with Crippen LogP contribution < -0.4 is 19.1 Å². The average Bonchev–Trinajstić information content (AvgIpc) is 2.92. The van der Waals surface area contributed by atoms with Gasteiger partial charge in [0.25, 0.3) is 11.6 Å². The van der Waals surface area contributed by atoms with Crippen molar-refractivity contribution in [3.63, 3.8) is 0 Å². The minimum atomic E-state index is -1.13. The predicted octanol–water partition coefficient (Wildman–Crippen LogP) is 3.75. The van der Waals surface area contributed by atoms with Gasteiger partial charge in [-0.2, -0.15) is 0 Å². The van der Waals surface area contributed by atoms with E-state index in [1.807, 2.05) is 37.3 Å². The predicted molar refractivity (Wildman–Crippen MR) is 117 cm³/mol. The van der Waals surface area contributed by atoms with Crippen LogP contribution in [0.2, 0.25) is 0 Å². The number of anilines is 1. The number of amidine groups is 1. The molecule has 2 aliphatic heterocycles. The van der Waals surface area contributed by atoms with Crippen molar-refractivity contribution in [3.8, 4) is 17.2 Å². The third-order valence-corrected chi connectivity index (χ3v) is 6.04. The van der Waals surface area contributed by atoms with E-state index in [9.17, 15) is 5.11 Å². The second-order valence-electron chi connectivity index (χ2n) is 7.78. The summed E-state index contributed by atoms with van der Waals surface area (Å²) in [5.74, 6) is 3.32. The second kappa shape index (κ2) is 8.56. The van der Waals surface area contributed by atoms with Crippen molar-refractivity contribution >= 4 is 11.5 Å². The van der Waals surface area contributed by atoms with Crippen molar-refractivity contribution in [2.45, 2.75) is 38.3 Å². The van der Waals surface area contributed by atoms with Gasteiger partial charge in [-0.1, -0.05) is 0 Å². The van der Waals surface area contributed by atoms with E-state index in [-0.39, 0.29) is 0 Å². The number of β-amino-alcohol motifs (C(OH)–C–C–N with tert-alkyl or cyclic N) is 1. The molecule has 0 saturated heterocycles. The molecule has 160 valence electrons. The summed E-state index contributed by atoms with van der Waals surface area (Å²) in [7, 11) is 3.24. The Hall–Kier alpha value is -2.73. The third-order valence-electron chi connectivity index (χ3n) is 6.04. The molecule has 0 amide bonds. The Morgan fingerprint density at radius 2 is 1.77 bits per heavy atom. The minimum Gasteiger partial charge on any atom is -0.494 e. The highest BCUT2D eigenvalue weighted by Gasteiger charge is 2.52. The molecule has 0 saturated carbocycles. The molecule has 2 aromatic carbocycles. The van der Waals surface area contributed by atoms with Gasteiger partial charge in [0.15, 0.2) is 18.0 Å². The van der Waals surface area contributed by atoms with Gasteiger partial charge in [-0.3, -0.25) is 0 Å². The number of rotatable bonds is 6. The molecular formula is C24H31N2O4+. The van der Waals surface area contributed by atoms with Crippen LogP contribution in [0.1, 0.15) is 38.2 Å². The quantitative estimate of drug-likeness (QED) is 0.734. The van der Waals surface area contributed by atoms with Crippen molar-refractivity contribution in [1.82, 2.24) is 0 Å². The standard InChI is InChI=1S/C24H31N2O4/c1-4-30-20-12-10-19(11-13-20)25-17-24(27,26-15-7-5-6-8-23(25)26)18-9-14-21(28-2)22(16-18)29-3/h9-14,16,27H,4-8,15,17H2,1-3H3/q+1/t24-/m0/s1. The topological polar surface area (TPSA) is 54.2 Å². The summed E-state index contributed by atoms with van der Waals surface area (Å²) in [6, 6.07) is 13.8. The molecule has 0 radical (unpaired) electrons. The van der Waals surface area contributed by atoms with Gasteiger partial charge in [-0.25, -0.2) is 9.48 Å². The molecule has 6 nitrogen and oxygen atoms in total. The molecule has 2 aromatic rings. The SMILES string of the molecule is CCOc1ccc(N2C[C@](O)(c3ccc(OC)c(OC)c3)[N+]3=C2CCCCC3)cc1. The molecule has 0 spiro atoms. The van der Waals surface area contributed by atoms with Crippen molar-refractivity contribution in [2.75, 3.05) is 38.8 Å². The number of nitrogens with zero attached hydrogens (tertiary/aromatic N) is 2. The highest BCUT2D eigenvalue weighted by Crippen LogP contribution is 2.39. The number of aliphatic hydroxyl groups is 1. The molecule has 0 unspecified atom stereocenters. The van der Waals surface area contributed by atoms with E-state index in [2.05, 4.69) is 21.6 Å². The molecule has 1 atom stereocenters. The van der Waals surface area contributed by atoms with Crippen LogP contribution in [0.4, 0.5) is 5.69 Å². The Balaban J connectivity index is 1.75. The van der Waals surface area contributed by atoms with Crippen LogP contribution in [0.15, 0.2) is 42.5 Å². The number of hydrogen-bond acceptors (Lipinski definition) is 5. The molecular weight excluding hydrogens is 380 g/mol. The maximum Gasteiger partial charge on any atom is 0.271 e. The Kier molecular flexibility index (Phi) is 5.86. The van der Waals surface area contributed by atoms with E-state index in [4.69, 9.17) is 14.2 Å². The van der Waals surface area contributed by atoms with Gasteiger partial charge in [0.1, 0.15) is 11.4 Å². The second-order valence-corrected chi connectivity index (χ2v) is 7.78. The fourth-order valence-corrected chi connectivity index (χ4v) is 4.53. The Labute approximate surface area is 178 Å². The Morgan fingerprint density at radius 3 is 2.47 bits per heavy atom. The minimum absolute atomic E-state index is 0.464. The summed E-state index contributed by atoms with van der Waals surface area (Å²) >= 11 is 0. The lowest BCUT2D eigenvalue weighted by Crippen LogP contribution is -2.41. The van der Waals surface area contributed by atoms with Crippen LogP contribution >= 0.6 is 0 Å². The van der Waals surface area contributed by atoms with Crippen molar-refractivity contribution in [1.29, 1.82) is 0 Å². The summed E-state index contributed by atoms with van der Waals surface area (Å²) in [4.78, 5) is 2.25. The fourth-order valence-electron chi connectivity index (χ4n) is 4.53. The summed E-state index contributed by atoms with van der Waals surface area (Å²) in [6.45, 7) is 3.92. The molecule has 30 heavy (non-hydrogen) atoms. The van der Waals surface area contributed by atoms with Crippen LogP contribution in [0.5, 0.6) is 17.2 Å². The maximum absolute atomic E-state index is 12.0. The largest absolute Gasteiger partial charge is 0.494 e. The Morgan fingerprint density at radius 1 is 1.00 bits per heavy atom.